The summed E-state index contributed by atoms with van der Waals surface area (Å²) in [7, 11) is 0. The molecule has 35 heavy (non-hydrogen) atoms. The lowest BCUT2D eigenvalue weighted by molar-refractivity contribution is -0.145. The van der Waals surface area contributed by atoms with E-state index in [1.165, 1.54) is 4.90 Å². The van der Waals surface area contributed by atoms with Crippen molar-refractivity contribution in [2.24, 2.45) is 11.7 Å². The number of benzene rings is 2. The lowest BCUT2D eigenvalue weighted by Crippen LogP contribution is -2.57. The summed E-state index contributed by atoms with van der Waals surface area (Å²) in [5, 5.41) is 2.65. The molecule has 1 aliphatic heterocycles. The maximum Gasteiger partial charge on any atom is 0.411 e. The summed E-state index contributed by atoms with van der Waals surface area (Å²) < 4.78 is 10.4. The topological polar surface area (TPSA) is 128 Å². The second-order valence-corrected chi connectivity index (χ2v) is 8.53. The Morgan fingerprint density at radius 3 is 2.34 bits per heavy atom. The first-order chi connectivity index (χ1) is 16.8. The van der Waals surface area contributed by atoms with Gasteiger partial charge in [0.05, 0.1) is 19.6 Å². The van der Waals surface area contributed by atoms with E-state index >= 15 is 0 Å². The predicted octanol–water partition coefficient (Wildman–Crippen LogP) is 2.31. The van der Waals surface area contributed by atoms with Gasteiger partial charge >= 0.3 is 12.1 Å². The molecule has 0 unspecified atom stereocenters. The van der Waals surface area contributed by atoms with E-state index in [0.717, 1.165) is 16.7 Å². The molecule has 9 heteroatoms. The van der Waals surface area contributed by atoms with Gasteiger partial charge in [-0.3, -0.25) is 19.3 Å². The summed E-state index contributed by atoms with van der Waals surface area (Å²) in [6.45, 7) is 3.77. The fourth-order valence-electron chi connectivity index (χ4n) is 4.10. The molecule has 0 fully saturated rings. The first kappa shape index (κ1) is 25.7. The first-order valence-electron chi connectivity index (χ1n) is 11.6. The molecular weight excluding hydrogens is 450 g/mol. The summed E-state index contributed by atoms with van der Waals surface area (Å²) in [4.78, 5) is 51.7. The van der Waals surface area contributed by atoms with Gasteiger partial charge in [0.25, 0.3) is 0 Å². The zero-order valence-electron chi connectivity index (χ0n) is 19.9. The smallest absolute Gasteiger partial charge is 0.411 e. The van der Waals surface area contributed by atoms with E-state index in [4.69, 9.17) is 15.2 Å². The van der Waals surface area contributed by atoms with Crippen molar-refractivity contribution in [3.63, 3.8) is 0 Å². The maximum atomic E-state index is 13.3. The number of hydrogen-bond donors (Lipinski definition) is 2. The van der Waals surface area contributed by atoms with Crippen molar-refractivity contribution in [2.45, 2.75) is 51.9 Å². The van der Waals surface area contributed by atoms with E-state index in [1.807, 2.05) is 54.6 Å². The van der Waals surface area contributed by atoms with Crippen molar-refractivity contribution in [3.8, 4) is 0 Å². The van der Waals surface area contributed by atoms with E-state index < -0.39 is 41.9 Å². The van der Waals surface area contributed by atoms with Crippen LogP contribution >= 0.6 is 0 Å². The minimum Gasteiger partial charge on any atom is -0.466 e. The van der Waals surface area contributed by atoms with Gasteiger partial charge in [-0.25, -0.2) is 4.79 Å². The number of hydrogen-bond acceptors (Lipinski definition) is 6. The molecule has 0 bridgehead atoms. The van der Waals surface area contributed by atoms with Crippen molar-refractivity contribution in [2.75, 3.05) is 6.61 Å². The molecule has 9 nitrogen and oxygen atoms in total. The van der Waals surface area contributed by atoms with Crippen LogP contribution in [-0.4, -0.2) is 47.5 Å². The van der Waals surface area contributed by atoms with Crippen LogP contribution in [0.15, 0.2) is 54.6 Å². The number of rotatable bonds is 9. The van der Waals surface area contributed by atoms with E-state index in [1.54, 1.807) is 13.8 Å². The van der Waals surface area contributed by atoms with E-state index in [0.29, 0.717) is 0 Å². The second kappa shape index (κ2) is 12.0. The molecule has 1 aliphatic rings. The van der Waals surface area contributed by atoms with Crippen molar-refractivity contribution in [1.29, 1.82) is 0 Å². The van der Waals surface area contributed by atoms with Gasteiger partial charge < -0.3 is 20.5 Å². The van der Waals surface area contributed by atoms with Crippen LogP contribution in [0.3, 0.4) is 0 Å². The van der Waals surface area contributed by atoms with Gasteiger partial charge in [0, 0.05) is 6.42 Å². The van der Waals surface area contributed by atoms with Crippen LogP contribution in [0.1, 0.15) is 37.0 Å². The number of primary amides is 1. The van der Waals surface area contributed by atoms with Crippen LogP contribution in [0.4, 0.5) is 4.79 Å². The Labute approximate surface area is 204 Å². The summed E-state index contributed by atoms with van der Waals surface area (Å²) in [6, 6.07) is 14.7. The van der Waals surface area contributed by atoms with Gasteiger partial charge in [0.1, 0.15) is 18.7 Å². The average molecular weight is 482 g/mol. The summed E-state index contributed by atoms with van der Waals surface area (Å²) in [5.41, 5.74) is 8.20. The van der Waals surface area contributed by atoms with Crippen molar-refractivity contribution < 1.29 is 28.7 Å². The van der Waals surface area contributed by atoms with Gasteiger partial charge in [0.15, 0.2) is 0 Å². The summed E-state index contributed by atoms with van der Waals surface area (Å²) in [5.74, 6) is -2.40. The number of fused-ring (bicyclic) bond motifs is 1. The number of carbonyl (C=O) groups is 4. The third-order valence-corrected chi connectivity index (χ3v) is 5.96. The Morgan fingerprint density at radius 2 is 1.69 bits per heavy atom. The fourth-order valence-corrected chi connectivity index (χ4v) is 4.10. The average Bonchev–Trinajstić information content (AvgIpc) is 2.85. The Kier molecular flexibility index (Phi) is 8.83. The molecule has 0 radical (unpaired) electrons. The minimum absolute atomic E-state index is 0.0621. The lowest BCUT2D eigenvalue weighted by atomic mass is 9.92. The van der Waals surface area contributed by atoms with Gasteiger partial charge in [0.2, 0.25) is 11.8 Å². The van der Waals surface area contributed by atoms with Gasteiger partial charge in [-0.2, -0.15) is 0 Å². The molecule has 3 rings (SSSR count). The molecule has 1 heterocycles. The van der Waals surface area contributed by atoms with Gasteiger partial charge in [-0.1, -0.05) is 61.5 Å². The fraction of sp³-hybridized carbons (Fsp3) is 0.385. The maximum absolute atomic E-state index is 13.3. The van der Waals surface area contributed by atoms with Crippen LogP contribution in [0, 0.1) is 5.92 Å². The molecule has 0 aliphatic carbocycles. The minimum atomic E-state index is -1.11. The predicted molar refractivity (Wildman–Crippen MR) is 128 cm³/mol. The molecular formula is C26H31N3O6. The summed E-state index contributed by atoms with van der Waals surface area (Å²) in [6.07, 6.45) is -0.475. The second-order valence-electron chi connectivity index (χ2n) is 8.53. The van der Waals surface area contributed by atoms with E-state index in [-0.39, 0.29) is 32.6 Å². The number of nitrogens with two attached hydrogens (primary N) is 1. The largest absolute Gasteiger partial charge is 0.466 e. The highest BCUT2D eigenvalue weighted by atomic mass is 16.6. The molecule has 0 saturated heterocycles. The van der Waals surface area contributed by atoms with E-state index in [9.17, 15) is 19.2 Å². The Morgan fingerprint density at radius 1 is 1.03 bits per heavy atom. The highest BCUT2D eigenvalue weighted by molar-refractivity contribution is 5.91. The van der Waals surface area contributed by atoms with Crippen LogP contribution < -0.4 is 11.1 Å². The molecule has 0 aromatic heterocycles. The van der Waals surface area contributed by atoms with Crippen LogP contribution in [-0.2, 0) is 43.4 Å². The number of nitrogens with zero attached hydrogens (tertiary/aromatic N) is 1. The lowest BCUT2D eigenvalue weighted by Gasteiger charge is -2.36. The molecule has 0 spiro atoms. The SMILES string of the molecule is CCOC(=O)C[C@@H](C)[C@@H](NC(=O)[C@@H]1Cc2ccccc2CN1C(=O)OCc1ccccc1)C(N)=O. The molecule has 2 aromatic rings. The molecule has 3 atom stereocenters. The number of carbonyl (C=O) groups excluding carboxylic acids is 4. The standard InChI is InChI=1S/C26H31N3O6/c1-3-34-22(30)13-17(2)23(24(27)31)28-25(32)21-14-19-11-7-8-12-20(19)15-29(21)26(33)35-16-18-9-5-4-6-10-18/h4-12,17,21,23H,3,13-16H2,1-2H3,(H2,27,31)(H,28,32)/t17-,21+,23-/m1/s1. The number of ether oxygens (including phenoxy) is 2. The van der Waals surface area contributed by atoms with Crippen LogP contribution in [0.25, 0.3) is 0 Å². The number of nitrogens with one attached hydrogen (secondary N) is 1. The van der Waals surface area contributed by atoms with Crippen LogP contribution in [0.2, 0.25) is 0 Å². The Hall–Kier alpha value is -3.88. The third-order valence-electron chi connectivity index (χ3n) is 5.96. The van der Waals surface area contributed by atoms with Gasteiger partial charge in [-0.05, 0) is 29.5 Å². The molecule has 2 aromatic carbocycles. The van der Waals surface area contributed by atoms with Crippen molar-refractivity contribution in [3.05, 3.63) is 71.3 Å². The molecule has 0 saturated carbocycles. The van der Waals surface area contributed by atoms with E-state index in [2.05, 4.69) is 5.32 Å². The van der Waals surface area contributed by atoms with Crippen LogP contribution in [0.5, 0.6) is 0 Å². The summed E-state index contributed by atoms with van der Waals surface area (Å²) >= 11 is 0. The normalized spacial score (nSPS) is 16.4. The first-order valence-corrected chi connectivity index (χ1v) is 11.6. The van der Waals surface area contributed by atoms with Gasteiger partial charge in [-0.15, -0.1) is 0 Å². The zero-order valence-corrected chi connectivity index (χ0v) is 19.9. The zero-order chi connectivity index (χ0) is 25.4. The quantitative estimate of drug-likeness (QED) is 0.529. The van der Waals surface area contributed by atoms with Crippen molar-refractivity contribution >= 4 is 23.9 Å². The Bertz CT molecular complexity index is 1060. The molecule has 186 valence electrons. The highest BCUT2D eigenvalue weighted by Gasteiger charge is 2.38. The highest BCUT2D eigenvalue weighted by Crippen LogP contribution is 2.25. The van der Waals surface area contributed by atoms with Crippen molar-refractivity contribution in [1.82, 2.24) is 10.2 Å². The monoisotopic (exact) mass is 481 g/mol. The molecule has 3 amide bonds. The molecule has 3 N–H and O–H groups in total. The number of amides is 3. The number of esters is 1. The third kappa shape index (κ3) is 6.81. The Balaban J connectivity index is 1.77.